The second kappa shape index (κ2) is 11.0. The summed E-state index contributed by atoms with van der Waals surface area (Å²) in [5.74, 6) is 0.680. The van der Waals surface area contributed by atoms with Gasteiger partial charge in [0.15, 0.2) is 0 Å². The maximum absolute atomic E-state index is 13.1. The Balaban J connectivity index is 2.31. The van der Waals surface area contributed by atoms with Crippen molar-refractivity contribution in [2.45, 2.75) is 51.2 Å². The van der Waals surface area contributed by atoms with Crippen LogP contribution in [0.25, 0.3) is 0 Å². The van der Waals surface area contributed by atoms with E-state index in [-0.39, 0.29) is 26.2 Å². The van der Waals surface area contributed by atoms with Crippen LogP contribution in [-0.2, 0) is 17.9 Å². The molecule has 0 aromatic heterocycles. The van der Waals surface area contributed by atoms with Gasteiger partial charge in [-0.1, -0.05) is 42.5 Å². The molecule has 1 amide bonds. The first-order valence-electron chi connectivity index (χ1n) is 9.90. The average Bonchev–Trinajstić information content (AvgIpc) is 2.76. The fraction of sp³-hybridized carbons (Fsp3) is 0.435. The van der Waals surface area contributed by atoms with Gasteiger partial charge in [-0.2, -0.15) is 0 Å². The molecule has 0 aliphatic rings. The van der Waals surface area contributed by atoms with Crippen molar-refractivity contribution in [3.8, 4) is 5.75 Å². The highest BCUT2D eigenvalue weighted by atomic mass is 16.6. The zero-order valence-electron chi connectivity index (χ0n) is 17.7. The highest BCUT2D eigenvalue weighted by molar-refractivity contribution is 5.69. The van der Waals surface area contributed by atoms with Crippen LogP contribution in [0.3, 0.4) is 0 Å². The van der Waals surface area contributed by atoms with Crippen LogP contribution in [0.1, 0.15) is 31.4 Å². The molecule has 2 rings (SSSR count). The zero-order valence-corrected chi connectivity index (χ0v) is 17.7. The summed E-state index contributed by atoms with van der Waals surface area (Å²) in [6.07, 6.45) is -2.98. The van der Waals surface area contributed by atoms with Crippen LogP contribution in [0.4, 0.5) is 4.79 Å². The Kier molecular flexibility index (Phi) is 8.65. The minimum Gasteiger partial charge on any atom is -0.497 e. The summed E-state index contributed by atoms with van der Waals surface area (Å²) in [6.45, 7) is 3.00. The number of hydrogen-bond donors (Lipinski definition) is 3. The molecule has 0 saturated carbocycles. The molecular weight excluding hydrogens is 386 g/mol. The number of carbonyl (C=O) groups excluding carboxylic acids is 1. The molecule has 7 nitrogen and oxygen atoms in total. The van der Waals surface area contributed by atoms with E-state index >= 15 is 0 Å². The third-order valence-electron chi connectivity index (χ3n) is 5.25. The first kappa shape index (κ1) is 23.7. The molecule has 2 aromatic rings. The number of methoxy groups -OCH3 is 1. The summed E-state index contributed by atoms with van der Waals surface area (Å²) in [5, 5.41) is 30.4. The summed E-state index contributed by atoms with van der Waals surface area (Å²) in [7, 11) is 1.57. The topological polar surface area (TPSA) is 99.5 Å². The standard InChI is InChI=1S/C23H31NO6/c1-17(26)21(27)23(2,13-14-25)24(15-18-9-11-20(29-3)12-10-18)22(28)30-16-19-7-5-4-6-8-19/h4-12,17,21,25-27H,13-16H2,1-3H3/t17-,21+,23+/m1/s1. The highest BCUT2D eigenvalue weighted by Crippen LogP contribution is 2.29. The van der Waals surface area contributed by atoms with Gasteiger partial charge in [0, 0.05) is 13.2 Å². The predicted octanol–water partition coefficient (Wildman–Crippen LogP) is 2.72. The van der Waals surface area contributed by atoms with Gasteiger partial charge in [-0.05, 0) is 43.5 Å². The Bertz CT molecular complexity index is 780. The van der Waals surface area contributed by atoms with Gasteiger partial charge < -0.3 is 24.8 Å². The third kappa shape index (κ3) is 5.95. The lowest BCUT2D eigenvalue weighted by Crippen LogP contribution is -2.60. The zero-order chi connectivity index (χ0) is 22.1. The number of benzene rings is 2. The van der Waals surface area contributed by atoms with Gasteiger partial charge in [-0.25, -0.2) is 4.79 Å². The minimum atomic E-state index is -1.29. The Morgan fingerprint density at radius 3 is 2.23 bits per heavy atom. The van der Waals surface area contributed by atoms with Crippen LogP contribution >= 0.6 is 0 Å². The van der Waals surface area contributed by atoms with E-state index in [1.807, 2.05) is 42.5 Å². The van der Waals surface area contributed by atoms with Gasteiger partial charge in [0.05, 0.1) is 18.8 Å². The highest BCUT2D eigenvalue weighted by Gasteiger charge is 2.44. The van der Waals surface area contributed by atoms with Crippen molar-refractivity contribution in [1.82, 2.24) is 4.90 Å². The van der Waals surface area contributed by atoms with Crippen LogP contribution in [0, 0.1) is 0 Å². The maximum Gasteiger partial charge on any atom is 0.410 e. The van der Waals surface area contributed by atoms with Crippen LogP contribution in [-0.4, -0.2) is 57.8 Å². The number of rotatable bonds is 10. The van der Waals surface area contributed by atoms with Gasteiger partial charge >= 0.3 is 6.09 Å². The van der Waals surface area contributed by atoms with Gasteiger partial charge in [0.25, 0.3) is 0 Å². The number of ether oxygens (including phenoxy) is 2. The Morgan fingerprint density at radius 1 is 1.07 bits per heavy atom. The first-order valence-corrected chi connectivity index (χ1v) is 9.90. The minimum absolute atomic E-state index is 0.0651. The number of carbonyl (C=O) groups is 1. The fourth-order valence-corrected chi connectivity index (χ4v) is 3.35. The number of aliphatic hydroxyl groups is 3. The number of aliphatic hydroxyl groups excluding tert-OH is 3. The fourth-order valence-electron chi connectivity index (χ4n) is 3.35. The molecule has 30 heavy (non-hydrogen) atoms. The SMILES string of the molecule is COc1ccc(CN(C(=O)OCc2ccccc2)[C@@](C)(CCO)[C@@H](O)[C@@H](C)O)cc1. The number of hydrogen-bond acceptors (Lipinski definition) is 6. The van der Waals surface area contributed by atoms with E-state index in [1.54, 1.807) is 26.2 Å². The Morgan fingerprint density at radius 2 is 1.70 bits per heavy atom. The second-order valence-corrected chi connectivity index (χ2v) is 7.49. The summed E-state index contributed by atoms with van der Waals surface area (Å²) < 4.78 is 10.7. The van der Waals surface area contributed by atoms with Crippen molar-refractivity contribution in [1.29, 1.82) is 0 Å². The second-order valence-electron chi connectivity index (χ2n) is 7.49. The molecular formula is C23H31NO6. The molecule has 3 atom stereocenters. The van der Waals surface area contributed by atoms with Crippen molar-refractivity contribution < 1.29 is 29.6 Å². The van der Waals surface area contributed by atoms with E-state index in [9.17, 15) is 20.1 Å². The van der Waals surface area contributed by atoms with E-state index < -0.39 is 23.8 Å². The molecule has 0 unspecified atom stereocenters. The molecule has 0 spiro atoms. The van der Waals surface area contributed by atoms with Gasteiger partial charge in [0.2, 0.25) is 0 Å². The third-order valence-corrected chi connectivity index (χ3v) is 5.25. The molecule has 0 aliphatic heterocycles. The lowest BCUT2D eigenvalue weighted by atomic mass is 9.86. The van der Waals surface area contributed by atoms with Crippen LogP contribution in [0.5, 0.6) is 5.75 Å². The summed E-state index contributed by atoms with van der Waals surface area (Å²) >= 11 is 0. The normalized spacial score (nSPS) is 15.0. The van der Waals surface area contributed by atoms with E-state index in [2.05, 4.69) is 0 Å². The predicted molar refractivity (Wildman–Crippen MR) is 113 cm³/mol. The van der Waals surface area contributed by atoms with E-state index in [1.165, 1.54) is 11.8 Å². The van der Waals surface area contributed by atoms with Crippen molar-refractivity contribution >= 4 is 6.09 Å². The summed E-state index contributed by atoms with van der Waals surface area (Å²) in [4.78, 5) is 14.5. The quantitative estimate of drug-likeness (QED) is 0.550. The number of nitrogens with zero attached hydrogens (tertiary/aromatic N) is 1. The van der Waals surface area contributed by atoms with Crippen molar-refractivity contribution in [3.63, 3.8) is 0 Å². The molecule has 0 radical (unpaired) electrons. The molecule has 164 valence electrons. The van der Waals surface area contributed by atoms with Crippen molar-refractivity contribution in [2.75, 3.05) is 13.7 Å². The summed E-state index contributed by atoms with van der Waals surface area (Å²) in [5.41, 5.74) is 0.362. The largest absolute Gasteiger partial charge is 0.497 e. The molecule has 0 bridgehead atoms. The van der Waals surface area contributed by atoms with Crippen molar-refractivity contribution in [2.24, 2.45) is 0 Å². The van der Waals surface area contributed by atoms with Gasteiger partial charge in [0.1, 0.15) is 18.5 Å². The lowest BCUT2D eigenvalue weighted by molar-refractivity contribution is -0.0852. The van der Waals surface area contributed by atoms with Crippen molar-refractivity contribution in [3.05, 3.63) is 65.7 Å². The summed E-state index contributed by atoms with van der Waals surface area (Å²) in [6, 6.07) is 16.4. The van der Waals surface area contributed by atoms with Crippen LogP contribution in [0.2, 0.25) is 0 Å². The van der Waals surface area contributed by atoms with E-state index in [0.29, 0.717) is 5.75 Å². The van der Waals surface area contributed by atoms with Gasteiger partial charge in [-0.3, -0.25) is 4.90 Å². The van der Waals surface area contributed by atoms with Gasteiger partial charge in [-0.15, -0.1) is 0 Å². The van der Waals surface area contributed by atoms with Crippen LogP contribution in [0.15, 0.2) is 54.6 Å². The Labute approximate surface area is 177 Å². The lowest BCUT2D eigenvalue weighted by Gasteiger charge is -2.44. The van der Waals surface area contributed by atoms with E-state index in [0.717, 1.165) is 11.1 Å². The smallest absolute Gasteiger partial charge is 0.410 e. The molecule has 0 saturated heterocycles. The average molecular weight is 418 g/mol. The van der Waals surface area contributed by atoms with Crippen LogP contribution < -0.4 is 4.74 Å². The van der Waals surface area contributed by atoms with E-state index in [4.69, 9.17) is 9.47 Å². The first-order chi connectivity index (χ1) is 14.3. The number of amides is 1. The molecule has 0 heterocycles. The monoisotopic (exact) mass is 417 g/mol. The molecule has 2 aromatic carbocycles. The molecule has 0 aliphatic carbocycles. The maximum atomic E-state index is 13.1. The Hall–Kier alpha value is -2.61. The molecule has 0 fully saturated rings. The molecule has 3 N–H and O–H groups in total. The molecule has 7 heteroatoms.